The van der Waals surface area contributed by atoms with Crippen LogP contribution in [0.4, 0.5) is 5.69 Å². The first-order valence-electron chi connectivity index (χ1n) is 9.93. The molecule has 1 saturated heterocycles. The number of nitrogens with one attached hydrogen (secondary N) is 1. The Morgan fingerprint density at radius 2 is 1.93 bits per heavy atom. The zero-order valence-corrected chi connectivity index (χ0v) is 16.8. The van der Waals surface area contributed by atoms with E-state index in [2.05, 4.69) is 19.2 Å². The van der Waals surface area contributed by atoms with Crippen LogP contribution >= 0.6 is 0 Å². The third kappa shape index (κ3) is 5.73. The average molecular weight is 383 g/mol. The van der Waals surface area contributed by atoms with Crippen molar-refractivity contribution in [3.63, 3.8) is 0 Å². The largest absolute Gasteiger partial charge is 0.491 e. The van der Waals surface area contributed by atoms with Gasteiger partial charge < -0.3 is 19.5 Å². The molecule has 0 bridgehead atoms. The lowest BCUT2D eigenvalue weighted by molar-refractivity contribution is -0.122. The number of anilines is 1. The van der Waals surface area contributed by atoms with Crippen LogP contribution in [0.25, 0.3) is 0 Å². The van der Waals surface area contributed by atoms with Gasteiger partial charge in [0.1, 0.15) is 18.1 Å². The Morgan fingerprint density at radius 1 is 1.14 bits per heavy atom. The maximum absolute atomic E-state index is 12.5. The van der Waals surface area contributed by atoms with E-state index in [0.717, 1.165) is 19.4 Å². The number of rotatable bonds is 8. The van der Waals surface area contributed by atoms with Gasteiger partial charge in [-0.25, -0.2) is 0 Å². The first-order valence-corrected chi connectivity index (χ1v) is 9.93. The highest BCUT2D eigenvalue weighted by Crippen LogP contribution is 2.22. The molecule has 2 atom stereocenters. The Labute approximate surface area is 167 Å². The Bertz CT molecular complexity index is 766. The van der Waals surface area contributed by atoms with E-state index < -0.39 is 6.10 Å². The molecule has 3 rings (SSSR count). The van der Waals surface area contributed by atoms with Crippen LogP contribution in [0.3, 0.4) is 0 Å². The standard InChI is InChI=1S/C23H29NO4/c1-16(2)18-9-11-20(12-10-18)28-17(3)23(25)24-19-6-4-7-21(14-19)27-15-22-8-5-13-26-22/h4,6-7,9-12,14,16-17,22H,5,8,13,15H2,1-3H3,(H,24,25)/t17-,22-/m0/s1. The van der Waals surface area contributed by atoms with Gasteiger partial charge in [0.25, 0.3) is 5.91 Å². The second kappa shape index (κ2) is 9.60. The van der Waals surface area contributed by atoms with Gasteiger partial charge in [0.2, 0.25) is 0 Å². The molecule has 5 heteroatoms. The molecule has 150 valence electrons. The Balaban J connectivity index is 1.52. The molecule has 5 nitrogen and oxygen atoms in total. The molecule has 1 amide bonds. The molecule has 0 radical (unpaired) electrons. The normalized spacial score (nSPS) is 17.4. The van der Waals surface area contributed by atoms with Gasteiger partial charge in [0.05, 0.1) is 6.10 Å². The monoisotopic (exact) mass is 383 g/mol. The fourth-order valence-corrected chi connectivity index (χ4v) is 3.06. The molecule has 2 aromatic carbocycles. The van der Waals surface area contributed by atoms with Gasteiger partial charge >= 0.3 is 0 Å². The SMILES string of the molecule is CC(C)c1ccc(O[C@@H](C)C(=O)Nc2cccc(OC[C@@H]3CCCO3)c2)cc1. The van der Waals surface area contributed by atoms with Gasteiger partial charge in [0.15, 0.2) is 6.10 Å². The smallest absolute Gasteiger partial charge is 0.265 e. The summed E-state index contributed by atoms with van der Waals surface area (Å²) in [5.74, 6) is 1.65. The minimum absolute atomic E-state index is 0.161. The summed E-state index contributed by atoms with van der Waals surface area (Å²) < 4.78 is 17.1. The summed E-state index contributed by atoms with van der Waals surface area (Å²) in [6, 6.07) is 15.2. The van der Waals surface area contributed by atoms with Crippen molar-refractivity contribution < 1.29 is 19.0 Å². The molecule has 1 fully saturated rings. The molecule has 0 aliphatic carbocycles. The number of carbonyl (C=O) groups is 1. The number of ether oxygens (including phenoxy) is 3. The summed E-state index contributed by atoms with van der Waals surface area (Å²) in [5.41, 5.74) is 1.92. The van der Waals surface area contributed by atoms with Crippen molar-refractivity contribution in [2.45, 2.75) is 51.7 Å². The van der Waals surface area contributed by atoms with Gasteiger partial charge in [-0.05, 0) is 55.5 Å². The van der Waals surface area contributed by atoms with E-state index in [1.165, 1.54) is 5.56 Å². The molecule has 1 N–H and O–H groups in total. The van der Waals surface area contributed by atoms with Crippen molar-refractivity contribution >= 4 is 11.6 Å². The first-order chi connectivity index (χ1) is 13.5. The Kier molecular flexibility index (Phi) is 6.93. The van der Waals surface area contributed by atoms with Crippen LogP contribution in [0, 0.1) is 0 Å². The molecule has 1 heterocycles. The molecule has 0 unspecified atom stereocenters. The first kappa shape index (κ1) is 20.2. The van der Waals surface area contributed by atoms with Gasteiger partial charge in [-0.15, -0.1) is 0 Å². The summed E-state index contributed by atoms with van der Waals surface area (Å²) in [6.07, 6.45) is 1.67. The molecule has 1 aliphatic heterocycles. The molecule has 0 saturated carbocycles. The van der Waals surface area contributed by atoms with Crippen molar-refractivity contribution in [1.82, 2.24) is 0 Å². The van der Waals surface area contributed by atoms with E-state index in [-0.39, 0.29) is 12.0 Å². The molecule has 2 aromatic rings. The van der Waals surface area contributed by atoms with E-state index in [9.17, 15) is 4.79 Å². The fraction of sp³-hybridized carbons (Fsp3) is 0.435. The summed E-state index contributed by atoms with van der Waals surface area (Å²) in [4.78, 5) is 12.5. The number of carbonyl (C=O) groups excluding carboxylic acids is 1. The average Bonchev–Trinajstić information content (AvgIpc) is 3.20. The molecule has 1 aliphatic rings. The third-order valence-corrected chi connectivity index (χ3v) is 4.79. The predicted molar refractivity (Wildman–Crippen MR) is 110 cm³/mol. The number of hydrogen-bond donors (Lipinski definition) is 1. The van der Waals surface area contributed by atoms with Crippen LogP contribution < -0.4 is 14.8 Å². The Morgan fingerprint density at radius 3 is 2.61 bits per heavy atom. The lowest BCUT2D eigenvalue weighted by Crippen LogP contribution is -2.30. The van der Waals surface area contributed by atoms with Gasteiger partial charge in [-0.3, -0.25) is 4.79 Å². The molecule has 0 spiro atoms. The maximum atomic E-state index is 12.5. The summed E-state index contributed by atoms with van der Waals surface area (Å²) >= 11 is 0. The van der Waals surface area contributed by atoms with Crippen molar-refractivity contribution in [2.24, 2.45) is 0 Å². The van der Waals surface area contributed by atoms with Crippen molar-refractivity contribution in [1.29, 1.82) is 0 Å². The van der Waals surface area contributed by atoms with Crippen LogP contribution in [0.5, 0.6) is 11.5 Å². The number of benzene rings is 2. The van der Waals surface area contributed by atoms with E-state index in [0.29, 0.717) is 29.7 Å². The highest BCUT2D eigenvalue weighted by Gasteiger charge is 2.17. The van der Waals surface area contributed by atoms with Gasteiger partial charge in [-0.2, -0.15) is 0 Å². The highest BCUT2D eigenvalue weighted by molar-refractivity contribution is 5.94. The number of hydrogen-bond acceptors (Lipinski definition) is 4. The fourth-order valence-electron chi connectivity index (χ4n) is 3.06. The van der Waals surface area contributed by atoms with Crippen molar-refractivity contribution in [3.8, 4) is 11.5 Å². The topological polar surface area (TPSA) is 56.8 Å². The molecule has 0 aromatic heterocycles. The van der Waals surface area contributed by atoms with Crippen LogP contribution in [-0.2, 0) is 9.53 Å². The van der Waals surface area contributed by atoms with E-state index in [1.54, 1.807) is 6.92 Å². The van der Waals surface area contributed by atoms with E-state index >= 15 is 0 Å². The zero-order valence-electron chi connectivity index (χ0n) is 16.8. The summed E-state index contributed by atoms with van der Waals surface area (Å²) in [6.45, 7) is 7.37. The minimum atomic E-state index is -0.610. The zero-order chi connectivity index (χ0) is 19.9. The molecule has 28 heavy (non-hydrogen) atoms. The minimum Gasteiger partial charge on any atom is -0.491 e. The van der Waals surface area contributed by atoms with Crippen LogP contribution in [0.15, 0.2) is 48.5 Å². The Hall–Kier alpha value is -2.53. The van der Waals surface area contributed by atoms with Crippen LogP contribution in [0.2, 0.25) is 0 Å². The second-order valence-electron chi connectivity index (χ2n) is 7.45. The quantitative estimate of drug-likeness (QED) is 0.713. The highest BCUT2D eigenvalue weighted by atomic mass is 16.5. The van der Waals surface area contributed by atoms with Crippen LogP contribution in [-0.4, -0.2) is 31.3 Å². The molecular weight excluding hydrogens is 354 g/mol. The van der Waals surface area contributed by atoms with E-state index in [4.69, 9.17) is 14.2 Å². The number of amides is 1. The van der Waals surface area contributed by atoms with Crippen molar-refractivity contribution in [2.75, 3.05) is 18.5 Å². The predicted octanol–water partition coefficient (Wildman–Crippen LogP) is 4.77. The summed E-state index contributed by atoms with van der Waals surface area (Å²) in [5, 5.41) is 2.88. The van der Waals surface area contributed by atoms with Gasteiger partial charge in [-0.1, -0.05) is 32.0 Å². The van der Waals surface area contributed by atoms with Gasteiger partial charge in [0, 0.05) is 18.4 Å². The maximum Gasteiger partial charge on any atom is 0.265 e. The summed E-state index contributed by atoms with van der Waals surface area (Å²) in [7, 11) is 0. The van der Waals surface area contributed by atoms with Crippen molar-refractivity contribution in [3.05, 3.63) is 54.1 Å². The third-order valence-electron chi connectivity index (χ3n) is 4.79. The van der Waals surface area contributed by atoms with E-state index in [1.807, 2.05) is 48.5 Å². The van der Waals surface area contributed by atoms with Crippen LogP contribution in [0.1, 0.15) is 45.1 Å². The lowest BCUT2D eigenvalue weighted by atomic mass is 10.0. The lowest BCUT2D eigenvalue weighted by Gasteiger charge is -2.16. The second-order valence-corrected chi connectivity index (χ2v) is 7.45. The molecular formula is C23H29NO4.